The summed E-state index contributed by atoms with van der Waals surface area (Å²) >= 11 is 12.3. The van der Waals surface area contributed by atoms with Crippen molar-refractivity contribution in [2.45, 2.75) is 30.6 Å². The van der Waals surface area contributed by atoms with Crippen LogP contribution in [0.4, 0.5) is 0 Å². The maximum Gasteiger partial charge on any atom is 0.305 e. The van der Waals surface area contributed by atoms with Gasteiger partial charge in [-0.2, -0.15) is 0 Å². The summed E-state index contributed by atoms with van der Waals surface area (Å²) in [7, 11) is -2.82. The normalized spacial score (nSPS) is 21.3. The Hall–Kier alpha value is -2.34. The van der Waals surface area contributed by atoms with Crippen LogP contribution in [0.25, 0.3) is 10.9 Å². The van der Waals surface area contributed by atoms with Crippen LogP contribution in [0.5, 0.6) is 0 Å². The molecule has 1 aliphatic rings. The molecule has 2 aromatic rings. The molecule has 4 N–H and O–H groups in total. The van der Waals surface area contributed by atoms with Crippen molar-refractivity contribution in [3.05, 3.63) is 33.9 Å². The predicted molar refractivity (Wildman–Crippen MR) is 119 cm³/mol. The zero-order valence-corrected chi connectivity index (χ0v) is 19.6. The van der Waals surface area contributed by atoms with Crippen molar-refractivity contribution >= 4 is 61.9 Å². The Bertz CT molecular complexity index is 1210. The number of benzene rings is 1. The largest absolute Gasteiger partial charge is 0.481 e. The minimum Gasteiger partial charge on any atom is -0.481 e. The SMILES string of the molecule is CC(=O)NS(=O)(=O)[C@]1(CC(=O)O)CNCC[C@H]1NC(=O)c1cc2c(Cl)c(Cl)ccc2n1C. The molecule has 0 radical (unpaired) electrons. The number of aliphatic carboxylic acids is 1. The summed E-state index contributed by atoms with van der Waals surface area (Å²) in [6.45, 7) is 1.10. The number of nitrogens with zero attached hydrogens (tertiary/aromatic N) is 1. The van der Waals surface area contributed by atoms with E-state index in [1.165, 1.54) is 6.07 Å². The molecule has 1 aromatic carbocycles. The molecule has 1 saturated heterocycles. The zero-order chi connectivity index (χ0) is 23.8. The van der Waals surface area contributed by atoms with E-state index in [2.05, 4.69) is 10.6 Å². The van der Waals surface area contributed by atoms with E-state index in [1.807, 2.05) is 4.72 Å². The zero-order valence-electron chi connectivity index (χ0n) is 17.2. The summed E-state index contributed by atoms with van der Waals surface area (Å²) in [5.74, 6) is -2.85. The number of amides is 2. The van der Waals surface area contributed by atoms with Crippen molar-refractivity contribution < 1.29 is 27.9 Å². The van der Waals surface area contributed by atoms with Crippen molar-refractivity contribution in [2.24, 2.45) is 7.05 Å². The lowest BCUT2D eigenvalue weighted by atomic mass is 9.89. The van der Waals surface area contributed by atoms with Gasteiger partial charge in [-0.15, -0.1) is 0 Å². The van der Waals surface area contributed by atoms with Gasteiger partial charge in [-0.3, -0.25) is 19.1 Å². The number of nitrogens with one attached hydrogen (secondary N) is 3. The van der Waals surface area contributed by atoms with Crippen LogP contribution in [0.2, 0.25) is 10.0 Å². The number of aryl methyl sites for hydroxylation is 1. The Morgan fingerprint density at radius 2 is 2.00 bits per heavy atom. The Balaban J connectivity index is 2.03. The number of aromatic nitrogens is 1. The van der Waals surface area contributed by atoms with Gasteiger partial charge in [-0.1, -0.05) is 23.2 Å². The number of hydrogen-bond acceptors (Lipinski definition) is 6. The monoisotopic (exact) mass is 504 g/mol. The van der Waals surface area contributed by atoms with Gasteiger partial charge in [0.1, 0.15) is 10.4 Å². The summed E-state index contributed by atoms with van der Waals surface area (Å²) in [4.78, 5) is 36.3. The van der Waals surface area contributed by atoms with Crippen LogP contribution in [0.1, 0.15) is 30.3 Å². The van der Waals surface area contributed by atoms with E-state index < -0.39 is 45.0 Å². The number of piperidine rings is 1. The van der Waals surface area contributed by atoms with Crippen molar-refractivity contribution in [2.75, 3.05) is 13.1 Å². The lowest BCUT2D eigenvalue weighted by Crippen LogP contribution is -2.68. The van der Waals surface area contributed by atoms with Crippen LogP contribution in [0.3, 0.4) is 0 Å². The van der Waals surface area contributed by atoms with Crippen LogP contribution in [-0.2, 0) is 26.7 Å². The quantitative estimate of drug-likeness (QED) is 0.462. The van der Waals surface area contributed by atoms with E-state index in [0.29, 0.717) is 22.5 Å². The highest BCUT2D eigenvalue weighted by molar-refractivity contribution is 7.91. The molecule has 32 heavy (non-hydrogen) atoms. The molecule has 2 amide bonds. The number of carbonyl (C=O) groups is 3. The summed E-state index contributed by atoms with van der Waals surface area (Å²) in [5, 5.41) is 16.1. The fraction of sp³-hybridized carbons (Fsp3) is 0.421. The predicted octanol–water partition coefficient (Wildman–Crippen LogP) is 1.26. The van der Waals surface area contributed by atoms with Crippen molar-refractivity contribution in [3.63, 3.8) is 0 Å². The molecule has 0 aliphatic carbocycles. The molecular formula is C19H22Cl2N4O6S. The second-order valence-corrected chi connectivity index (χ2v) is 10.5. The highest BCUT2D eigenvalue weighted by Crippen LogP contribution is 2.33. The van der Waals surface area contributed by atoms with E-state index in [0.717, 1.165) is 6.92 Å². The molecule has 1 aromatic heterocycles. The van der Waals surface area contributed by atoms with E-state index in [-0.39, 0.29) is 23.7 Å². The first-order valence-corrected chi connectivity index (χ1v) is 11.8. The standard InChI is InChI=1S/C19H22Cl2N4O6S/c1-10(26)24-32(30,31)19(8-16(27)28)9-22-6-5-15(19)23-18(29)14-7-11-13(25(14)2)4-3-12(20)17(11)21/h3-4,7,15,22H,5-6,8-9H2,1-2H3,(H,23,29)(H,24,26)(H,27,28)/t15-,19-/m1/s1. The molecule has 3 rings (SSSR count). The third kappa shape index (κ3) is 4.29. The number of carbonyl (C=O) groups excluding carboxylic acids is 2. The van der Waals surface area contributed by atoms with Crippen molar-refractivity contribution in [3.8, 4) is 0 Å². The minimum absolute atomic E-state index is 0.133. The first-order chi connectivity index (χ1) is 14.9. The van der Waals surface area contributed by atoms with Crippen LogP contribution in [0.15, 0.2) is 18.2 Å². The molecule has 174 valence electrons. The Morgan fingerprint density at radius 3 is 2.62 bits per heavy atom. The number of carboxylic acid groups (broad SMARTS) is 1. The Morgan fingerprint density at radius 1 is 1.31 bits per heavy atom. The summed E-state index contributed by atoms with van der Waals surface area (Å²) < 4.78 is 27.6. The van der Waals surface area contributed by atoms with Crippen LogP contribution < -0.4 is 15.4 Å². The Labute approximate surface area is 194 Å². The first kappa shape index (κ1) is 24.3. The molecule has 0 unspecified atom stereocenters. The molecule has 0 bridgehead atoms. The molecule has 2 heterocycles. The van der Waals surface area contributed by atoms with Crippen LogP contribution in [0, 0.1) is 0 Å². The van der Waals surface area contributed by atoms with Gasteiger partial charge in [0.05, 0.1) is 22.5 Å². The van der Waals surface area contributed by atoms with Gasteiger partial charge in [0.25, 0.3) is 5.91 Å². The van der Waals surface area contributed by atoms with Gasteiger partial charge in [-0.05, 0) is 31.2 Å². The maximum absolute atomic E-state index is 13.2. The third-order valence-electron chi connectivity index (χ3n) is 5.58. The second kappa shape index (κ2) is 8.89. The van der Waals surface area contributed by atoms with Gasteiger partial charge in [0.15, 0.2) is 0 Å². The summed E-state index contributed by atoms with van der Waals surface area (Å²) in [6.07, 6.45) is -0.682. The number of halogens is 2. The van der Waals surface area contributed by atoms with Gasteiger partial charge in [-0.25, -0.2) is 8.42 Å². The third-order valence-corrected chi connectivity index (χ3v) is 8.60. The van der Waals surface area contributed by atoms with Crippen LogP contribution >= 0.6 is 23.2 Å². The van der Waals surface area contributed by atoms with E-state index in [1.54, 1.807) is 23.7 Å². The number of fused-ring (bicyclic) bond motifs is 1. The molecule has 2 atom stereocenters. The minimum atomic E-state index is -4.47. The number of carboxylic acids is 1. The van der Waals surface area contributed by atoms with Gasteiger partial charge in [0, 0.05) is 31.4 Å². The topological polar surface area (TPSA) is 147 Å². The van der Waals surface area contributed by atoms with Crippen LogP contribution in [-0.4, -0.2) is 59.8 Å². The lowest BCUT2D eigenvalue weighted by molar-refractivity contribution is -0.138. The van der Waals surface area contributed by atoms with Crippen molar-refractivity contribution in [1.82, 2.24) is 19.9 Å². The summed E-state index contributed by atoms with van der Waals surface area (Å²) in [5.41, 5.74) is 0.821. The number of hydrogen-bond donors (Lipinski definition) is 4. The fourth-order valence-electron chi connectivity index (χ4n) is 4.05. The smallest absolute Gasteiger partial charge is 0.305 e. The average Bonchev–Trinajstić information content (AvgIpc) is 3.02. The molecule has 0 spiro atoms. The number of sulfonamides is 1. The number of rotatable bonds is 6. The summed E-state index contributed by atoms with van der Waals surface area (Å²) in [6, 6.07) is 3.74. The lowest BCUT2D eigenvalue weighted by Gasteiger charge is -2.42. The maximum atomic E-state index is 13.2. The average molecular weight is 505 g/mol. The molecule has 13 heteroatoms. The van der Waals surface area contributed by atoms with E-state index in [4.69, 9.17) is 23.2 Å². The van der Waals surface area contributed by atoms with E-state index in [9.17, 15) is 27.9 Å². The highest BCUT2D eigenvalue weighted by Gasteiger charge is 2.54. The van der Waals surface area contributed by atoms with Crippen molar-refractivity contribution in [1.29, 1.82) is 0 Å². The fourth-order valence-corrected chi connectivity index (χ4v) is 6.16. The highest BCUT2D eigenvalue weighted by atomic mass is 35.5. The molecule has 1 aliphatic heterocycles. The molecular weight excluding hydrogens is 483 g/mol. The molecule has 10 nitrogen and oxygen atoms in total. The molecule has 1 fully saturated rings. The van der Waals surface area contributed by atoms with Gasteiger partial charge >= 0.3 is 5.97 Å². The van der Waals surface area contributed by atoms with Gasteiger partial charge < -0.3 is 20.3 Å². The van der Waals surface area contributed by atoms with E-state index >= 15 is 0 Å². The second-order valence-electron chi connectivity index (χ2n) is 7.67. The van der Waals surface area contributed by atoms with Gasteiger partial charge in [0.2, 0.25) is 15.9 Å². The Kier molecular flexibility index (Phi) is 6.75. The first-order valence-electron chi connectivity index (χ1n) is 9.59. The molecule has 0 saturated carbocycles.